The van der Waals surface area contributed by atoms with Crippen LogP contribution in [0.1, 0.15) is 10.9 Å². The Bertz CT molecular complexity index is 407. The van der Waals surface area contributed by atoms with E-state index in [4.69, 9.17) is 5.73 Å². The van der Waals surface area contributed by atoms with Crippen molar-refractivity contribution in [3.8, 4) is 0 Å². The fourth-order valence-corrected chi connectivity index (χ4v) is 3.98. The van der Waals surface area contributed by atoms with E-state index in [1.54, 1.807) is 0 Å². The number of hydrogen-bond acceptors (Lipinski definition) is 4. The van der Waals surface area contributed by atoms with Crippen LogP contribution in [-0.2, 0) is 9.84 Å². The Kier molecular flexibility index (Phi) is 4.16. The summed E-state index contributed by atoms with van der Waals surface area (Å²) in [5.41, 5.74) is 5.75. The highest BCUT2D eigenvalue weighted by Crippen LogP contribution is 2.35. The molecule has 0 spiro atoms. The van der Waals surface area contributed by atoms with E-state index in [0.29, 0.717) is 0 Å². The molecule has 3 nitrogen and oxygen atoms in total. The molecule has 0 aliphatic heterocycles. The van der Waals surface area contributed by atoms with Crippen LogP contribution in [0.5, 0.6) is 0 Å². The molecule has 1 aromatic heterocycles. The lowest BCUT2D eigenvalue weighted by Gasteiger charge is -2.06. The van der Waals surface area contributed by atoms with Gasteiger partial charge in [0.2, 0.25) is 0 Å². The number of rotatable bonds is 3. The summed E-state index contributed by atoms with van der Waals surface area (Å²) in [6.07, 6.45) is 1.19. The van der Waals surface area contributed by atoms with Crippen molar-refractivity contribution >= 4 is 53.0 Å². The Morgan fingerprint density at radius 3 is 2.50 bits per heavy atom. The Morgan fingerprint density at radius 2 is 2.14 bits per heavy atom. The zero-order valence-corrected chi connectivity index (χ0v) is 12.1. The SMILES string of the molecule is CS(=O)(=O)C[C@H](N)c1cc(Br)c(Br)s1. The van der Waals surface area contributed by atoms with Crippen LogP contribution in [0.2, 0.25) is 0 Å². The standard InChI is InChI=1S/C7H9Br2NO2S2/c1-14(11,12)3-5(10)6-2-4(8)7(9)13-6/h2,5H,3,10H2,1H3/t5-/m0/s1. The van der Waals surface area contributed by atoms with E-state index in [9.17, 15) is 8.42 Å². The van der Waals surface area contributed by atoms with Crippen LogP contribution in [0.15, 0.2) is 14.3 Å². The topological polar surface area (TPSA) is 60.2 Å². The monoisotopic (exact) mass is 361 g/mol. The zero-order chi connectivity index (χ0) is 10.9. The third-order valence-corrected chi connectivity index (χ3v) is 5.86. The molecule has 0 amide bonds. The fourth-order valence-electron chi connectivity index (χ4n) is 0.954. The second-order valence-electron chi connectivity index (χ2n) is 2.97. The van der Waals surface area contributed by atoms with Crippen LogP contribution < -0.4 is 5.73 Å². The molecule has 1 rings (SSSR count). The molecule has 0 aliphatic carbocycles. The van der Waals surface area contributed by atoms with Gasteiger partial charge in [-0.1, -0.05) is 0 Å². The van der Waals surface area contributed by atoms with Gasteiger partial charge in [-0.2, -0.15) is 0 Å². The number of halogens is 2. The molecule has 2 N–H and O–H groups in total. The molecule has 0 fully saturated rings. The maximum atomic E-state index is 11.0. The molecule has 0 aromatic carbocycles. The first kappa shape index (κ1) is 12.6. The molecule has 14 heavy (non-hydrogen) atoms. The molecular weight excluding hydrogens is 354 g/mol. The van der Waals surface area contributed by atoms with Gasteiger partial charge in [-0.3, -0.25) is 0 Å². The maximum absolute atomic E-state index is 11.0. The average Bonchev–Trinajstić information content (AvgIpc) is 2.28. The Labute approximate surface area is 104 Å². The lowest BCUT2D eigenvalue weighted by atomic mass is 10.3. The molecule has 1 atom stereocenters. The van der Waals surface area contributed by atoms with E-state index in [1.807, 2.05) is 6.07 Å². The minimum atomic E-state index is -3.02. The zero-order valence-electron chi connectivity index (χ0n) is 7.33. The van der Waals surface area contributed by atoms with E-state index >= 15 is 0 Å². The Morgan fingerprint density at radius 1 is 1.57 bits per heavy atom. The molecular formula is C7H9Br2NO2S2. The number of hydrogen-bond donors (Lipinski definition) is 1. The average molecular weight is 363 g/mol. The summed E-state index contributed by atoms with van der Waals surface area (Å²) in [6.45, 7) is 0. The Hall–Kier alpha value is 0.570. The largest absolute Gasteiger partial charge is 0.322 e. The summed E-state index contributed by atoms with van der Waals surface area (Å²) in [5.74, 6) is -0.0214. The fraction of sp³-hybridized carbons (Fsp3) is 0.429. The summed E-state index contributed by atoms with van der Waals surface area (Å²) in [6, 6.07) is 1.39. The Balaban J connectivity index is 2.85. The van der Waals surface area contributed by atoms with Crippen LogP contribution in [0.25, 0.3) is 0 Å². The molecule has 1 aromatic rings. The highest BCUT2D eigenvalue weighted by Gasteiger charge is 2.16. The van der Waals surface area contributed by atoms with Gasteiger partial charge in [-0.05, 0) is 37.9 Å². The van der Waals surface area contributed by atoms with Gasteiger partial charge in [0.15, 0.2) is 0 Å². The van der Waals surface area contributed by atoms with Gasteiger partial charge in [0.25, 0.3) is 0 Å². The first-order chi connectivity index (χ1) is 6.29. The highest BCUT2D eigenvalue weighted by atomic mass is 79.9. The second-order valence-corrected chi connectivity index (χ2v) is 8.41. The van der Waals surface area contributed by atoms with E-state index < -0.39 is 15.9 Å². The lowest BCUT2D eigenvalue weighted by molar-refractivity contribution is 0.595. The summed E-state index contributed by atoms with van der Waals surface area (Å²) < 4.78 is 23.8. The van der Waals surface area contributed by atoms with Crippen LogP contribution >= 0.6 is 43.2 Å². The lowest BCUT2D eigenvalue weighted by Crippen LogP contribution is -2.19. The molecule has 0 saturated heterocycles. The minimum absolute atomic E-state index is 0.0214. The van der Waals surface area contributed by atoms with Crippen molar-refractivity contribution in [1.29, 1.82) is 0 Å². The van der Waals surface area contributed by atoms with Crippen molar-refractivity contribution < 1.29 is 8.42 Å². The molecule has 0 unspecified atom stereocenters. The molecule has 1 heterocycles. The maximum Gasteiger partial charge on any atom is 0.149 e. The summed E-state index contributed by atoms with van der Waals surface area (Å²) in [7, 11) is -3.02. The van der Waals surface area contributed by atoms with Crippen molar-refractivity contribution in [1.82, 2.24) is 0 Å². The van der Waals surface area contributed by atoms with Gasteiger partial charge in [0.1, 0.15) is 9.84 Å². The summed E-state index contributed by atoms with van der Waals surface area (Å²) >= 11 is 8.10. The van der Waals surface area contributed by atoms with Crippen LogP contribution in [0, 0.1) is 0 Å². The van der Waals surface area contributed by atoms with Gasteiger partial charge in [0, 0.05) is 15.6 Å². The molecule has 7 heteroatoms. The first-order valence-corrected chi connectivity index (χ1v) is 8.14. The first-order valence-electron chi connectivity index (χ1n) is 3.67. The number of sulfone groups is 1. The molecule has 0 aliphatic rings. The smallest absolute Gasteiger partial charge is 0.149 e. The summed E-state index contributed by atoms with van der Waals surface area (Å²) in [5, 5.41) is 0. The summed E-state index contributed by atoms with van der Waals surface area (Å²) in [4.78, 5) is 0.856. The molecule has 0 radical (unpaired) electrons. The quantitative estimate of drug-likeness (QED) is 0.897. The molecule has 0 saturated carbocycles. The normalized spacial score (nSPS) is 14.3. The third-order valence-electron chi connectivity index (χ3n) is 1.51. The van der Waals surface area contributed by atoms with E-state index in [2.05, 4.69) is 31.9 Å². The van der Waals surface area contributed by atoms with Crippen molar-refractivity contribution in [3.63, 3.8) is 0 Å². The van der Waals surface area contributed by atoms with Gasteiger partial charge >= 0.3 is 0 Å². The predicted octanol–water partition coefficient (Wildman–Crippen LogP) is 2.32. The molecule has 80 valence electrons. The van der Waals surface area contributed by atoms with Gasteiger partial charge in [0.05, 0.1) is 15.6 Å². The number of nitrogens with two attached hydrogens (primary N) is 1. The minimum Gasteiger partial charge on any atom is -0.322 e. The second kappa shape index (κ2) is 4.61. The highest BCUT2D eigenvalue weighted by molar-refractivity contribution is 9.13. The van der Waals surface area contributed by atoms with E-state index in [0.717, 1.165) is 13.1 Å². The third kappa shape index (κ3) is 3.62. The van der Waals surface area contributed by atoms with Crippen LogP contribution in [0.3, 0.4) is 0 Å². The van der Waals surface area contributed by atoms with Crippen LogP contribution in [-0.4, -0.2) is 20.4 Å². The van der Waals surface area contributed by atoms with E-state index in [1.165, 1.54) is 17.6 Å². The van der Waals surface area contributed by atoms with Crippen molar-refractivity contribution in [2.24, 2.45) is 5.73 Å². The van der Waals surface area contributed by atoms with Gasteiger partial charge in [-0.25, -0.2) is 8.42 Å². The van der Waals surface area contributed by atoms with E-state index in [-0.39, 0.29) is 5.75 Å². The molecule has 0 bridgehead atoms. The van der Waals surface area contributed by atoms with Gasteiger partial charge < -0.3 is 5.73 Å². The van der Waals surface area contributed by atoms with Crippen molar-refractivity contribution in [3.05, 3.63) is 19.2 Å². The number of thiophene rings is 1. The van der Waals surface area contributed by atoms with Crippen molar-refractivity contribution in [2.45, 2.75) is 6.04 Å². The van der Waals surface area contributed by atoms with Crippen LogP contribution in [0.4, 0.5) is 0 Å². The van der Waals surface area contributed by atoms with Gasteiger partial charge in [-0.15, -0.1) is 11.3 Å². The van der Waals surface area contributed by atoms with Crippen molar-refractivity contribution in [2.75, 3.05) is 12.0 Å². The predicted molar refractivity (Wildman–Crippen MR) is 66.4 cm³/mol.